The topological polar surface area (TPSA) is 54.2 Å². The standard InChI is InChI=1S/C32H34F2N4O/c1-23(32(39,20-38-22-35-21-36-38)29-17-16-28(33)18-30(29)34)37(5)19-26-10-8-24(9-11-26)6-7-25-12-14-27(15-13-25)31(2,3)4/h8-18,21-23,39H,19-20H2,1-5H3/t23-,32-/m1/s1. The van der Waals surface area contributed by atoms with E-state index in [4.69, 9.17) is 0 Å². The number of aromatic nitrogens is 3. The Kier molecular flexibility index (Phi) is 8.29. The number of benzene rings is 3. The maximum Gasteiger partial charge on any atom is 0.137 e. The summed E-state index contributed by atoms with van der Waals surface area (Å²) in [6.45, 7) is 8.81. The van der Waals surface area contributed by atoms with E-state index >= 15 is 0 Å². The van der Waals surface area contributed by atoms with Crippen molar-refractivity contribution in [2.45, 2.75) is 57.8 Å². The fourth-order valence-electron chi connectivity index (χ4n) is 4.53. The second-order valence-electron chi connectivity index (χ2n) is 11.0. The highest BCUT2D eigenvalue weighted by atomic mass is 19.1. The van der Waals surface area contributed by atoms with Gasteiger partial charge in [0.2, 0.25) is 0 Å². The molecule has 0 aliphatic carbocycles. The van der Waals surface area contributed by atoms with Crippen LogP contribution in [0.4, 0.5) is 8.78 Å². The normalized spacial score (nSPS) is 14.0. The molecule has 39 heavy (non-hydrogen) atoms. The van der Waals surface area contributed by atoms with Gasteiger partial charge in [-0.1, -0.05) is 62.9 Å². The molecule has 0 aliphatic heterocycles. The molecule has 202 valence electrons. The number of likely N-dealkylation sites (N-methyl/N-ethyl adjacent to an activating group) is 1. The van der Waals surface area contributed by atoms with Crippen LogP contribution in [0.25, 0.3) is 0 Å². The Bertz CT molecular complexity index is 1450. The van der Waals surface area contributed by atoms with Crippen LogP contribution < -0.4 is 0 Å². The first kappa shape index (κ1) is 28.2. The largest absolute Gasteiger partial charge is 0.381 e. The highest BCUT2D eigenvalue weighted by Crippen LogP contribution is 2.33. The molecule has 1 N–H and O–H groups in total. The van der Waals surface area contributed by atoms with Crippen molar-refractivity contribution in [1.82, 2.24) is 19.7 Å². The van der Waals surface area contributed by atoms with Gasteiger partial charge in [0.15, 0.2) is 0 Å². The molecule has 0 aliphatic rings. The van der Waals surface area contributed by atoms with Gasteiger partial charge in [-0.15, -0.1) is 0 Å². The summed E-state index contributed by atoms with van der Waals surface area (Å²) < 4.78 is 29.9. The Hall–Kier alpha value is -3.86. The highest BCUT2D eigenvalue weighted by Gasteiger charge is 2.41. The molecule has 0 spiro atoms. The van der Waals surface area contributed by atoms with Gasteiger partial charge in [-0.2, -0.15) is 5.10 Å². The molecule has 0 amide bonds. The van der Waals surface area contributed by atoms with Crippen LogP contribution in [0.3, 0.4) is 0 Å². The van der Waals surface area contributed by atoms with Crippen LogP contribution in [0.15, 0.2) is 79.4 Å². The smallest absolute Gasteiger partial charge is 0.137 e. The minimum atomic E-state index is -1.70. The van der Waals surface area contributed by atoms with Gasteiger partial charge in [-0.25, -0.2) is 18.4 Å². The molecule has 1 heterocycles. The average molecular weight is 529 g/mol. The molecular weight excluding hydrogens is 494 g/mol. The Labute approximate surface area is 229 Å². The molecule has 5 nitrogen and oxygen atoms in total. The van der Waals surface area contributed by atoms with Crippen molar-refractivity contribution in [3.8, 4) is 11.8 Å². The minimum Gasteiger partial charge on any atom is -0.381 e. The summed E-state index contributed by atoms with van der Waals surface area (Å²) in [6.07, 6.45) is 2.80. The molecule has 4 rings (SSSR count). The Morgan fingerprint density at radius 2 is 1.56 bits per heavy atom. The van der Waals surface area contributed by atoms with E-state index in [0.29, 0.717) is 6.54 Å². The van der Waals surface area contributed by atoms with Crippen LogP contribution in [0.1, 0.15) is 55.5 Å². The first-order valence-corrected chi connectivity index (χ1v) is 12.9. The number of rotatable bonds is 7. The number of nitrogens with zero attached hydrogens (tertiary/aromatic N) is 4. The SMILES string of the molecule is C[C@@H](N(C)Cc1ccc(C#Cc2ccc(C(C)(C)C)cc2)cc1)[C@](O)(Cn1cncn1)c1ccc(F)cc1F. The van der Waals surface area contributed by atoms with Gasteiger partial charge in [-0.3, -0.25) is 4.90 Å². The summed E-state index contributed by atoms with van der Waals surface area (Å²) in [5, 5.41) is 15.9. The van der Waals surface area contributed by atoms with E-state index < -0.39 is 23.3 Å². The number of hydrogen-bond donors (Lipinski definition) is 1. The molecule has 0 saturated carbocycles. The van der Waals surface area contributed by atoms with Crippen LogP contribution in [0.5, 0.6) is 0 Å². The van der Waals surface area contributed by atoms with Crippen LogP contribution in [-0.2, 0) is 24.1 Å². The molecule has 0 radical (unpaired) electrons. The first-order valence-electron chi connectivity index (χ1n) is 12.9. The lowest BCUT2D eigenvalue weighted by Gasteiger charge is -2.40. The van der Waals surface area contributed by atoms with Gasteiger partial charge in [0.1, 0.15) is 29.9 Å². The quantitative estimate of drug-likeness (QED) is 0.315. The van der Waals surface area contributed by atoms with Crippen LogP contribution >= 0.6 is 0 Å². The second-order valence-corrected chi connectivity index (χ2v) is 11.0. The van der Waals surface area contributed by atoms with E-state index in [1.54, 1.807) is 0 Å². The van der Waals surface area contributed by atoms with Gasteiger partial charge in [0.05, 0.1) is 6.54 Å². The molecule has 4 aromatic rings. The summed E-state index contributed by atoms with van der Waals surface area (Å²) in [5.41, 5.74) is 2.53. The lowest BCUT2D eigenvalue weighted by atomic mass is 9.85. The van der Waals surface area contributed by atoms with Crippen molar-refractivity contribution in [3.05, 3.63) is 119 Å². The van der Waals surface area contributed by atoms with Crippen molar-refractivity contribution >= 4 is 0 Å². The second kappa shape index (κ2) is 11.5. The third kappa shape index (κ3) is 6.78. The minimum absolute atomic E-state index is 0.0000879. The van der Waals surface area contributed by atoms with E-state index in [1.165, 1.54) is 29.0 Å². The fraction of sp³-hybridized carbons (Fsp3) is 0.312. The third-order valence-corrected chi connectivity index (χ3v) is 7.11. The summed E-state index contributed by atoms with van der Waals surface area (Å²) in [4.78, 5) is 5.85. The Balaban J connectivity index is 1.49. The molecule has 0 unspecified atom stereocenters. The third-order valence-electron chi connectivity index (χ3n) is 7.11. The van der Waals surface area contributed by atoms with Crippen molar-refractivity contribution in [1.29, 1.82) is 0 Å². The molecule has 7 heteroatoms. The van der Waals surface area contributed by atoms with Crippen LogP contribution in [0.2, 0.25) is 0 Å². The molecular formula is C32H34F2N4O. The van der Waals surface area contributed by atoms with Crippen LogP contribution in [-0.4, -0.2) is 37.9 Å². The molecule has 0 saturated heterocycles. The monoisotopic (exact) mass is 528 g/mol. The van der Waals surface area contributed by atoms with Crippen molar-refractivity contribution in [3.63, 3.8) is 0 Å². The molecule has 1 aromatic heterocycles. The lowest BCUT2D eigenvalue weighted by molar-refractivity contribution is -0.0591. The maximum atomic E-state index is 14.9. The zero-order chi connectivity index (χ0) is 28.2. The highest BCUT2D eigenvalue weighted by molar-refractivity contribution is 5.44. The summed E-state index contributed by atoms with van der Waals surface area (Å²) in [6, 6.07) is 18.9. The van der Waals surface area contributed by atoms with Crippen molar-refractivity contribution in [2.24, 2.45) is 0 Å². The van der Waals surface area contributed by atoms with Gasteiger partial charge in [0, 0.05) is 35.3 Å². The molecule has 3 aromatic carbocycles. The lowest BCUT2D eigenvalue weighted by Crippen LogP contribution is -2.50. The zero-order valence-electron chi connectivity index (χ0n) is 23.0. The van der Waals surface area contributed by atoms with Gasteiger partial charge in [-0.05, 0) is 60.8 Å². The van der Waals surface area contributed by atoms with E-state index in [-0.39, 0.29) is 17.5 Å². The molecule has 0 fully saturated rings. The molecule has 0 bridgehead atoms. The van der Waals surface area contributed by atoms with E-state index in [0.717, 1.165) is 28.8 Å². The van der Waals surface area contributed by atoms with E-state index in [9.17, 15) is 13.9 Å². The predicted octanol–water partition coefficient (Wildman–Crippen LogP) is 5.66. The van der Waals surface area contributed by atoms with Gasteiger partial charge in [0.25, 0.3) is 0 Å². The Morgan fingerprint density at radius 1 is 0.949 bits per heavy atom. The van der Waals surface area contributed by atoms with E-state index in [2.05, 4.69) is 54.8 Å². The Morgan fingerprint density at radius 3 is 2.10 bits per heavy atom. The van der Waals surface area contributed by atoms with Crippen molar-refractivity contribution < 1.29 is 13.9 Å². The zero-order valence-corrected chi connectivity index (χ0v) is 23.0. The predicted molar refractivity (Wildman–Crippen MR) is 149 cm³/mol. The summed E-state index contributed by atoms with van der Waals surface area (Å²) >= 11 is 0. The van der Waals surface area contributed by atoms with Gasteiger partial charge >= 0.3 is 0 Å². The number of hydrogen-bond acceptors (Lipinski definition) is 4. The van der Waals surface area contributed by atoms with Gasteiger partial charge < -0.3 is 5.11 Å². The number of halogens is 2. The molecule has 2 atom stereocenters. The van der Waals surface area contributed by atoms with E-state index in [1.807, 2.05) is 55.3 Å². The van der Waals surface area contributed by atoms with Crippen molar-refractivity contribution in [2.75, 3.05) is 7.05 Å². The summed E-state index contributed by atoms with van der Waals surface area (Å²) in [5.74, 6) is 4.91. The first-order chi connectivity index (χ1) is 18.5. The van der Waals surface area contributed by atoms with Crippen LogP contribution in [0, 0.1) is 23.5 Å². The number of aliphatic hydroxyl groups is 1. The summed E-state index contributed by atoms with van der Waals surface area (Å²) in [7, 11) is 1.85. The average Bonchev–Trinajstić information content (AvgIpc) is 3.40. The maximum absolute atomic E-state index is 14.9. The fourth-order valence-corrected chi connectivity index (χ4v) is 4.53.